The first-order valence-corrected chi connectivity index (χ1v) is 6.03. The Bertz CT molecular complexity index is 394. The number of alkyl halides is 3. The Morgan fingerprint density at radius 1 is 1.26 bits per heavy atom. The third kappa shape index (κ3) is 5.83. The van der Waals surface area contributed by atoms with E-state index in [0.717, 1.165) is 13.0 Å². The van der Waals surface area contributed by atoms with Crippen LogP contribution in [0.3, 0.4) is 0 Å². The molecule has 0 spiro atoms. The highest BCUT2D eigenvalue weighted by molar-refractivity contribution is 5.40. The molecule has 0 heterocycles. The van der Waals surface area contributed by atoms with Crippen molar-refractivity contribution in [3.05, 3.63) is 23.8 Å². The van der Waals surface area contributed by atoms with Crippen LogP contribution < -0.4 is 14.8 Å². The molecule has 1 rings (SSSR count). The molecule has 6 heteroatoms. The summed E-state index contributed by atoms with van der Waals surface area (Å²) < 4.78 is 46.3. The van der Waals surface area contributed by atoms with E-state index in [2.05, 4.69) is 5.32 Å². The average molecular weight is 277 g/mol. The maximum absolute atomic E-state index is 12.2. The van der Waals surface area contributed by atoms with E-state index in [-0.39, 0.29) is 5.75 Å². The largest absolute Gasteiger partial charge is 0.497 e. The van der Waals surface area contributed by atoms with Gasteiger partial charge in [0.25, 0.3) is 0 Å². The highest BCUT2D eigenvalue weighted by Gasteiger charge is 2.28. The van der Waals surface area contributed by atoms with Crippen LogP contribution in [0, 0.1) is 0 Å². The number of ether oxygens (including phenoxy) is 2. The van der Waals surface area contributed by atoms with Crippen molar-refractivity contribution >= 4 is 0 Å². The lowest BCUT2D eigenvalue weighted by atomic mass is 10.2. The molecule has 0 fully saturated rings. The molecule has 1 N–H and O–H groups in total. The molecule has 0 aliphatic heterocycles. The lowest BCUT2D eigenvalue weighted by molar-refractivity contribution is -0.153. The van der Waals surface area contributed by atoms with Gasteiger partial charge in [-0.3, -0.25) is 0 Å². The fourth-order valence-electron chi connectivity index (χ4n) is 1.52. The zero-order valence-corrected chi connectivity index (χ0v) is 11.0. The maximum atomic E-state index is 12.2. The van der Waals surface area contributed by atoms with Crippen molar-refractivity contribution in [2.45, 2.75) is 26.1 Å². The number of hydrogen-bond acceptors (Lipinski definition) is 3. The molecule has 3 nitrogen and oxygen atoms in total. The Morgan fingerprint density at radius 2 is 2.00 bits per heavy atom. The number of nitrogens with one attached hydrogen (secondary N) is 1. The van der Waals surface area contributed by atoms with Crippen molar-refractivity contribution < 1.29 is 22.6 Å². The zero-order chi connectivity index (χ0) is 14.3. The van der Waals surface area contributed by atoms with Crippen LogP contribution in [-0.2, 0) is 6.54 Å². The van der Waals surface area contributed by atoms with Crippen LogP contribution in [0.1, 0.15) is 18.9 Å². The third-order valence-electron chi connectivity index (χ3n) is 2.40. The minimum absolute atomic E-state index is 0.224. The van der Waals surface area contributed by atoms with Crippen LogP contribution in [0.2, 0.25) is 0 Å². The highest BCUT2D eigenvalue weighted by Crippen LogP contribution is 2.26. The summed E-state index contributed by atoms with van der Waals surface area (Å²) in [5.74, 6) is 0.814. The van der Waals surface area contributed by atoms with Gasteiger partial charge >= 0.3 is 6.18 Å². The highest BCUT2D eigenvalue weighted by atomic mass is 19.4. The molecule has 0 atom stereocenters. The Morgan fingerprint density at radius 3 is 2.58 bits per heavy atom. The quantitative estimate of drug-likeness (QED) is 0.777. The van der Waals surface area contributed by atoms with E-state index in [1.807, 2.05) is 6.92 Å². The van der Waals surface area contributed by atoms with Crippen molar-refractivity contribution in [3.63, 3.8) is 0 Å². The van der Waals surface area contributed by atoms with Crippen molar-refractivity contribution in [2.75, 3.05) is 20.3 Å². The average Bonchev–Trinajstić information content (AvgIpc) is 2.36. The Balaban J connectivity index is 2.76. The molecule has 1 aromatic rings. The zero-order valence-electron chi connectivity index (χ0n) is 11.0. The molecule has 0 aliphatic carbocycles. The second-order valence-electron chi connectivity index (χ2n) is 4.05. The fourth-order valence-corrected chi connectivity index (χ4v) is 1.52. The topological polar surface area (TPSA) is 30.5 Å². The predicted octanol–water partition coefficient (Wildman–Crippen LogP) is 3.14. The lowest BCUT2D eigenvalue weighted by Gasteiger charge is -2.14. The summed E-state index contributed by atoms with van der Waals surface area (Å²) in [6.45, 7) is 1.95. The molecule has 0 saturated carbocycles. The van der Waals surface area contributed by atoms with Gasteiger partial charge in [-0.25, -0.2) is 0 Å². The van der Waals surface area contributed by atoms with Gasteiger partial charge in [-0.1, -0.05) is 6.92 Å². The summed E-state index contributed by atoms with van der Waals surface area (Å²) >= 11 is 0. The van der Waals surface area contributed by atoms with Gasteiger partial charge in [0.2, 0.25) is 0 Å². The predicted molar refractivity (Wildman–Crippen MR) is 66.5 cm³/mol. The Kier molecular flexibility index (Phi) is 5.95. The second-order valence-corrected chi connectivity index (χ2v) is 4.05. The van der Waals surface area contributed by atoms with Crippen LogP contribution >= 0.6 is 0 Å². The van der Waals surface area contributed by atoms with Crippen LogP contribution in [0.5, 0.6) is 11.5 Å². The molecule has 0 aliphatic rings. The number of hydrogen-bond donors (Lipinski definition) is 1. The van der Waals surface area contributed by atoms with Gasteiger partial charge in [0.15, 0.2) is 6.61 Å². The minimum atomic E-state index is -4.34. The molecule has 1 aromatic carbocycles. The van der Waals surface area contributed by atoms with E-state index in [4.69, 9.17) is 9.47 Å². The number of benzene rings is 1. The van der Waals surface area contributed by atoms with Gasteiger partial charge in [-0.2, -0.15) is 13.2 Å². The molecule has 0 bridgehead atoms. The van der Waals surface area contributed by atoms with Crippen molar-refractivity contribution in [2.24, 2.45) is 0 Å². The van der Waals surface area contributed by atoms with Crippen LogP contribution in [0.4, 0.5) is 13.2 Å². The molecule has 0 saturated heterocycles. The van der Waals surface area contributed by atoms with E-state index in [0.29, 0.717) is 17.9 Å². The van der Waals surface area contributed by atoms with E-state index in [1.165, 1.54) is 13.2 Å². The molecule has 0 radical (unpaired) electrons. The molecule has 0 unspecified atom stereocenters. The first kappa shape index (κ1) is 15.6. The van der Waals surface area contributed by atoms with E-state index in [1.54, 1.807) is 12.1 Å². The third-order valence-corrected chi connectivity index (χ3v) is 2.40. The van der Waals surface area contributed by atoms with Crippen LogP contribution in [-0.4, -0.2) is 26.4 Å². The molecule has 108 valence electrons. The normalized spacial score (nSPS) is 11.4. The Labute approximate surface area is 110 Å². The maximum Gasteiger partial charge on any atom is 0.422 e. The smallest absolute Gasteiger partial charge is 0.422 e. The van der Waals surface area contributed by atoms with E-state index in [9.17, 15) is 13.2 Å². The van der Waals surface area contributed by atoms with E-state index < -0.39 is 12.8 Å². The number of methoxy groups -OCH3 is 1. The monoisotopic (exact) mass is 277 g/mol. The number of halogens is 3. The Hall–Kier alpha value is -1.43. The first-order chi connectivity index (χ1) is 8.96. The molecular formula is C13H18F3NO2. The van der Waals surface area contributed by atoms with Gasteiger partial charge < -0.3 is 14.8 Å². The van der Waals surface area contributed by atoms with Gasteiger partial charge in [-0.15, -0.1) is 0 Å². The second kappa shape index (κ2) is 7.23. The van der Waals surface area contributed by atoms with Gasteiger partial charge in [0.05, 0.1) is 7.11 Å². The van der Waals surface area contributed by atoms with Crippen molar-refractivity contribution in [3.8, 4) is 11.5 Å². The SMILES string of the molecule is CCCNCc1cc(OC)ccc1OCC(F)(F)F. The summed E-state index contributed by atoms with van der Waals surface area (Å²) in [5, 5.41) is 3.12. The summed E-state index contributed by atoms with van der Waals surface area (Å²) in [5.41, 5.74) is 0.650. The summed E-state index contributed by atoms with van der Waals surface area (Å²) in [4.78, 5) is 0. The number of rotatable bonds is 7. The molecule has 19 heavy (non-hydrogen) atoms. The van der Waals surface area contributed by atoms with Gasteiger partial charge in [0.1, 0.15) is 11.5 Å². The fraction of sp³-hybridized carbons (Fsp3) is 0.538. The summed E-state index contributed by atoms with van der Waals surface area (Å²) in [6.07, 6.45) is -3.39. The van der Waals surface area contributed by atoms with Crippen LogP contribution in [0.15, 0.2) is 18.2 Å². The van der Waals surface area contributed by atoms with Crippen LogP contribution in [0.25, 0.3) is 0 Å². The van der Waals surface area contributed by atoms with E-state index >= 15 is 0 Å². The minimum Gasteiger partial charge on any atom is -0.497 e. The molecular weight excluding hydrogens is 259 g/mol. The summed E-state index contributed by atoms with van der Waals surface area (Å²) in [6, 6.07) is 4.75. The van der Waals surface area contributed by atoms with Gasteiger partial charge in [-0.05, 0) is 31.2 Å². The molecule has 0 amide bonds. The first-order valence-electron chi connectivity index (χ1n) is 6.03. The van der Waals surface area contributed by atoms with Gasteiger partial charge in [0, 0.05) is 12.1 Å². The molecule has 0 aromatic heterocycles. The summed E-state index contributed by atoms with van der Waals surface area (Å²) in [7, 11) is 1.51. The lowest BCUT2D eigenvalue weighted by Crippen LogP contribution is -2.21. The standard InChI is InChI=1S/C13H18F3NO2/c1-3-6-17-8-10-7-11(18-2)4-5-12(10)19-9-13(14,15)16/h4-5,7,17H,3,6,8-9H2,1-2H3. The van der Waals surface area contributed by atoms with Crippen molar-refractivity contribution in [1.82, 2.24) is 5.32 Å². The van der Waals surface area contributed by atoms with Crippen molar-refractivity contribution in [1.29, 1.82) is 0 Å².